The van der Waals surface area contributed by atoms with Crippen LogP contribution in [0.5, 0.6) is 0 Å². The van der Waals surface area contributed by atoms with Gasteiger partial charge in [-0.15, -0.1) is 0 Å². The van der Waals surface area contributed by atoms with E-state index in [9.17, 15) is 13.2 Å². The van der Waals surface area contributed by atoms with Gasteiger partial charge in [-0.05, 0) is 23.8 Å². The highest BCUT2D eigenvalue weighted by atomic mass is 35.5. The fourth-order valence-electron chi connectivity index (χ4n) is 3.03. The molecule has 0 saturated carbocycles. The van der Waals surface area contributed by atoms with Gasteiger partial charge in [-0.2, -0.15) is 0 Å². The number of carbonyl (C=O) groups is 1. The van der Waals surface area contributed by atoms with Crippen molar-refractivity contribution in [3.63, 3.8) is 0 Å². The van der Waals surface area contributed by atoms with Crippen LogP contribution in [0.3, 0.4) is 0 Å². The lowest BCUT2D eigenvalue weighted by atomic mass is 10.1. The quantitative estimate of drug-likeness (QED) is 0.463. The molecule has 0 radical (unpaired) electrons. The molecule has 1 aliphatic heterocycles. The van der Waals surface area contributed by atoms with Crippen LogP contribution in [0.15, 0.2) is 64.8 Å². The van der Waals surface area contributed by atoms with Crippen LogP contribution >= 0.6 is 23.4 Å². The highest BCUT2D eigenvalue weighted by Crippen LogP contribution is 2.42. The van der Waals surface area contributed by atoms with Gasteiger partial charge in [0.2, 0.25) is 5.91 Å². The van der Waals surface area contributed by atoms with Gasteiger partial charge in [0.05, 0.1) is 23.3 Å². The number of hydrogen-bond donors (Lipinski definition) is 1. The van der Waals surface area contributed by atoms with Crippen LogP contribution in [0.1, 0.15) is 5.56 Å². The minimum atomic E-state index is -3.78. The van der Waals surface area contributed by atoms with Gasteiger partial charge in [0, 0.05) is 24.2 Å². The first kappa shape index (κ1) is 20.6. The molecule has 2 aromatic carbocycles. The fraction of sp³-hybridized carbons (Fsp3) is 0.150. The minimum absolute atomic E-state index is 0.0256. The van der Waals surface area contributed by atoms with Crippen LogP contribution in [-0.2, 0) is 21.4 Å². The van der Waals surface area contributed by atoms with E-state index < -0.39 is 10.0 Å². The SMILES string of the molecule is CN1c2cc(Cl)ccc2-c2nc(SCC(=O)NCc3ccccc3)ncc2S1(=O)=O. The summed E-state index contributed by atoms with van der Waals surface area (Å²) < 4.78 is 26.8. The van der Waals surface area contributed by atoms with E-state index in [0.717, 1.165) is 17.3 Å². The summed E-state index contributed by atoms with van der Waals surface area (Å²) in [4.78, 5) is 20.8. The molecule has 0 aliphatic carbocycles. The van der Waals surface area contributed by atoms with Gasteiger partial charge in [-0.3, -0.25) is 9.10 Å². The van der Waals surface area contributed by atoms with Gasteiger partial charge in [0.15, 0.2) is 5.16 Å². The Labute approximate surface area is 183 Å². The molecule has 7 nitrogen and oxygen atoms in total. The molecule has 1 aliphatic rings. The second-order valence-corrected chi connectivity index (χ2v) is 9.87. The number of amides is 1. The van der Waals surface area contributed by atoms with Crippen molar-refractivity contribution < 1.29 is 13.2 Å². The average Bonchev–Trinajstić information content (AvgIpc) is 2.75. The minimum Gasteiger partial charge on any atom is -0.351 e. The highest BCUT2D eigenvalue weighted by Gasteiger charge is 2.34. The molecule has 0 bridgehead atoms. The third-order valence-corrected chi connectivity index (χ3v) is 7.46. The lowest BCUT2D eigenvalue weighted by Gasteiger charge is -2.28. The summed E-state index contributed by atoms with van der Waals surface area (Å²) in [5, 5.41) is 3.59. The van der Waals surface area contributed by atoms with Crippen molar-refractivity contribution in [3.05, 3.63) is 65.3 Å². The van der Waals surface area contributed by atoms with Gasteiger partial charge >= 0.3 is 0 Å². The Balaban J connectivity index is 1.53. The van der Waals surface area contributed by atoms with Crippen LogP contribution < -0.4 is 9.62 Å². The maximum absolute atomic E-state index is 12.8. The molecule has 154 valence electrons. The van der Waals surface area contributed by atoms with Gasteiger partial charge in [-0.1, -0.05) is 53.7 Å². The molecule has 2 heterocycles. The third-order valence-electron chi connectivity index (χ3n) is 4.59. The van der Waals surface area contributed by atoms with Crippen molar-refractivity contribution >= 4 is 45.0 Å². The number of nitrogens with zero attached hydrogens (tertiary/aromatic N) is 3. The first-order valence-corrected chi connectivity index (χ1v) is 11.8. The number of benzene rings is 2. The van der Waals surface area contributed by atoms with E-state index in [1.807, 2.05) is 30.3 Å². The van der Waals surface area contributed by atoms with Crippen LogP contribution in [0.4, 0.5) is 5.69 Å². The van der Waals surface area contributed by atoms with Crippen LogP contribution in [0.25, 0.3) is 11.3 Å². The second kappa shape index (κ2) is 8.25. The predicted molar refractivity (Wildman–Crippen MR) is 117 cm³/mol. The summed E-state index contributed by atoms with van der Waals surface area (Å²) >= 11 is 7.20. The summed E-state index contributed by atoms with van der Waals surface area (Å²) in [5.74, 6) is -0.0455. The topological polar surface area (TPSA) is 92.3 Å². The predicted octanol–water partition coefficient (Wildman–Crippen LogP) is 3.34. The van der Waals surface area contributed by atoms with E-state index in [4.69, 9.17) is 11.6 Å². The molecule has 3 aromatic rings. The molecule has 30 heavy (non-hydrogen) atoms. The van der Waals surface area contributed by atoms with Gasteiger partial charge in [0.1, 0.15) is 4.90 Å². The second-order valence-electron chi connectivity index (χ2n) is 6.55. The number of anilines is 1. The van der Waals surface area contributed by atoms with Gasteiger partial charge in [0.25, 0.3) is 10.0 Å². The van der Waals surface area contributed by atoms with Crippen molar-refractivity contribution in [2.45, 2.75) is 16.6 Å². The Morgan fingerprint density at radius 1 is 1.20 bits per heavy atom. The average molecular weight is 461 g/mol. The molecule has 0 atom stereocenters. The molecule has 4 rings (SSSR count). The van der Waals surface area contributed by atoms with Crippen molar-refractivity contribution in [2.24, 2.45) is 0 Å². The maximum atomic E-state index is 12.8. The van der Waals surface area contributed by atoms with Crippen LogP contribution in [-0.4, -0.2) is 37.1 Å². The number of fused-ring (bicyclic) bond motifs is 3. The lowest BCUT2D eigenvalue weighted by molar-refractivity contribution is -0.118. The van der Waals surface area contributed by atoms with Crippen molar-refractivity contribution in [3.8, 4) is 11.3 Å². The number of halogens is 1. The van der Waals surface area contributed by atoms with Crippen molar-refractivity contribution in [1.29, 1.82) is 0 Å². The molecule has 1 N–H and O–H groups in total. The number of thioether (sulfide) groups is 1. The van der Waals surface area contributed by atoms with E-state index in [2.05, 4.69) is 15.3 Å². The zero-order chi connectivity index (χ0) is 21.3. The summed E-state index contributed by atoms with van der Waals surface area (Å²) in [7, 11) is -2.31. The number of rotatable bonds is 5. The Hall–Kier alpha value is -2.62. The molecule has 10 heteroatoms. The normalized spacial score (nSPS) is 14.0. The van der Waals surface area contributed by atoms with E-state index in [1.54, 1.807) is 18.2 Å². The number of aromatic nitrogens is 2. The van der Waals surface area contributed by atoms with E-state index in [-0.39, 0.29) is 16.6 Å². The molecule has 0 fully saturated rings. The van der Waals surface area contributed by atoms with Gasteiger partial charge < -0.3 is 5.32 Å². The van der Waals surface area contributed by atoms with E-state index in [0.29, 0.717) is 33.7 Å². The summed E-state index contributed by atoms with van der Waals surface area (Å²) in [6, 6.07) is 14.6. The molecule has 1 aromatic heterocycles. The highest BCUT2D eigenvalue weighted by molar-refractivity contribution is 7.99. The van der Waals surface area contributed by atoms with E-state index in [1.165, 1.54) is 17.5 Å². The van der Waals surface area contributed by atoms with Gasteiger partial charge in [-0.25, -0.2) is 18.4 Å². The van der Waals surface area contributed by atoms with E-state index >= 15 is 0 Å². The molecule has 0 unspecified atom stereocenters. The molecule has 0 spiro atoms. The molecule has 1 amide bonds. The van der Waals surface area contributed by atoms with Crippen molar-refractivity contribution in [1.82, 2.24) is 15.3 Å². The number of carbonyl (C=O) groups excluding carboxylic acids is 1. The first-order valence-electron chi connectivity index (χ1n) is 8.95. The number of sulfonamides is 1. The third kappa shape index (κ3) is 4.00. The summed E-state index contributed by atoms with van der Waals surface area (Å²) in [5.41, 5.74) is 2.40. The monoisotopic (exact) mass is 460 g/mol. The Kier molecular flexibility index (Phi) is 5.68. The fourth-order valence-corrected chi connectivity index (χ4v) is 5.13. The Bertz CT molecular complexity index is 1220. The maximum Gasteiger partial charge on any atom is 0.267 e. The number of nitrogens with one attached hydrogen (secondary N) is 1. The zero-order valence-corrected chi connectivity index (χ0v) is 18.3. The smallest absolute Gasteiger partial charge is 0.267 e. The lowest BCUT2D eigenvalue weighted by Crippen LogP contribution is -2.31. The Morgan fingerprint density at radius 3 is 2.73 bits per heavy atom. The van der Waals surface area contributed by atoms with Crippen LogP contribution in [0.2, 0.25) is 5.02 Å². The standard InChI is InChI=1S/C20H17ClN4O3S2/c1-25-16-9-14(21)7-8-15(16)19-17(30(25,27)28)11-23-20(24-19)29-12-18(26)22-10-13-5-3-2-4-6-13/h2-9,11H,10,12H2,1H3,(H,22,26). The molecular formula is C20H17ClN4O3S2. The Morgan fingerprint density at radius 2 is 1.97 bits per heavy atom. The molecular weight excluding hydrogens is 444 g/mol. The first-order chi connectivity index (χ1) is 14.4. The van der Waals surface area contributed by atoms with Crippen molar-refractivity contribution in [2.75, 3.05) is 17.1 Å². The summed E-state index contributed by atoms with van der Waals surface area (Å²) in [6.07, 6.45) is 1.29. The summed E-state index contributed by atoms with van der Waals surface area (Å²) in [6.45, 7) is 0.435. The largest absolute Gasteiger partial charge is 0.351 e. The molecule has 0 saturated heterocycles. The zero-order valence-electron chi connectivity index (χ0n) is 15.9. The van der Waals surface area contributed by atoms with Crippen LogP contribution in [0, 0.1) is 0 Å². The number of hydrogen-bond acceptors (Lipinski definition) is 6.